The molecule has 0 saturated carbocycles. The molecule has 0 aliphatic carbocycles. The van der Waals surface area contributed by atoms with Crippen LogP contribution in [0.25, 0.3) is 0 Å². The summed E-state index contributed by atoms with van der Waals surface area (Å²) in [5.41, 5.74) is 1.14. The van der Waals surface area contributed by atoms with E-state index in [0.717, 1.165) is 11.3 Å². The highest BCUT2D eigenvalue weighted by Crippen LogP contribution is 2.35. The molecule has 0 spiro atoms. The van der Waals surface area contributed by atoms with Crippen molar-refractivity contribution in [2.24, 2.45) is 0 Å². The van der Waals surface area contributed by atoms with Crippen molar-refractivity contribution in [3.05, 3.63) is 29.8 Å². The molecular formula is C14H20N2O3. The molecule has 0 saturated heterocycles. The molecule has 5 heteroatoms. The van der Waals surface area contributed by atoms with Crippen molar-refractivity contribution in [1.82, 2.24) is 10.6 Å². The van der Waals surface area contributed by atoms with Crippen LogP contribution in [-0.2, 0) is 0 Å². The Bertz CT molecular complexity index is 436. The summed E-state index contributed by atoms with van der Waals surface area (Å²) in [5.74, 6) is 1.08. The largest absolute Gasteiger partial charge is 0.493 e. The van der Waals surface area contributed by atoms with Crippen LogP contribution < -0.4 is 15.4 Å². The number of ether oxygens (including phenoxy) is 1. The zero-order valence-electron chi connectivity index (χ0n) is 11.1. The van der Waals surface area contributed by atoms with Gasteiger partial charge in [0.1, 0.15) is 5.75 Å². The number of rotatable bonds is 5. The van der Waals surface area contributed by atoms with Crippen molar-refractivity contribution in [1.29, 1.82) is 0 Å². The summed E-state index contributed by atoms with van der Waals surface area (Å²) in [5, 5.41) is 14.3. The number of carbonyl (C=O) groups is 1. The van der Waals surface area contributed by atoms with E-state index in [1.165, 1.54) is 0 Å². The standard InChI is InChI=1S/C14H20N2O3/c1-10(16-14(18)15-7-4-8-17)12-9-19-13-6-3-2-5-11(12)13/h2-3,5-6,10,12,17H,4,7-9H2,1H3,(H2,15,16,18). The van der Waals surface area contributed by atoms with Gasteiger partial charge in [-0.2, -0.15) is 0 Å². The number of nitrogens with one attached hydrogen (secondary N) is 2. The van der Waals surface area contributed by atoms with Crippen LogP contribution in [0.5, 0.6) is 5.75 Å². The topological polar surface area (TPSA) is 70.6 Å². The maximum absolute atomic E-state index is 11.7. The molecule has 19 heavy (non-hydrogen) atoms. The third kappa shape index (κ3) is 3.38. The molecule has 1 aliphatic rings. The van der Waals surface area contributed by atoms with Gasteiger partial charge in [-0.1, -0.05) is 18.2 Å². The molecule has 2 rings (SSSR count). The Balaban J connectivity index is 1.87. The van der Waals surface area contributed by atoms with Crippen LogP contribution in [0.3, 0.4) is 0 Å². The molecule has 1 aliphatic heterocycles. The summed E-state index contributed by atoms with van der Waals surface area (Å²) in [6.45, 7) is 3.13. The first kappa shape index (κ1) is 13.7. The van der Waals surface area contributed by atoms with E-state index in [1.807, 2.05) is 31.2 Å². The summed E-state index contributed by atoms with van der Waals surface area (Å²) in [7, 11) is 0. The van der Waals surface area contributed by atoms with Gasteiger partial charge in [-0.25, -0.2) is 4.79 Å². The number of hydrogen-bond acceptors (Lipinski definition) is 3. The quantitative estimate of drug-likeness (QED) is 0.701. The maximum atomic E-state index is 11.7. The van der Waals surface area contributed by atoms with Crippen LogP contribution in [-0.4, -0.2) is 36.9 Å². The summed E-state index contributed by atoms with van der Waals surface area (Å²) in [6, 6.07) is 7.70. The van der Waals surface area contributed by atoms with Crippen molar-refractivity contribution >= 4 is 6.03 Å². The minimum atomic E-state index is -0.203. The summed E-state index contributed by atoms with van der Waals surface area (Å²) in [6.07, 6.45) is 0.567. The SMILES string of the molecule is CC(NC(=O)NCCCO)C1COc2ccccc21. The van der Waals surface area contributed by atoms with E-state index in [4.69, 9.17) is 9.84 Å². The number of carbonyl (C=O) groups excluding carboxylic acids is 1. The molecule has 0 radical (unpaired) electrons. The van der Waals surface area contributed by atoms with Gasteiger partial charge in [0.25, 0.3) is 0 Å². The molecular weight excluding hydrogens is 244 g/mol. The van der Waals surface area contributed by atoms with Gasteiger partial charge >= 0.3 is 6.03 Å². The van der Waals surface area contributed by atoms with Crippen LogP contribution in [0, 0.1) is 0 Å². The lowest BCUT2D eigenvalue weighted by Crippen LogP contribution is -2.44. The fraction of sp³-hybridized carbons (Fsp3) is 0.500. The Morgan fingerprint density at radius 3 is 3.11 bits per heavy atom. The maximum Gasteiger partial charge on any atom is 0.315 e. The van der Waals surface area contributed by atoms with Crippen LogP contribution in [0.15, 0.2) is 24.3 Å². The highest BCUT2D eigenvalue weighted by Gasteiger charge is 2.29. The first-order chi connectivity index (χ1) is 9.22. The average Bonchev–Trinajstić information content (AvgIpc) is 2.83. The number of urea groups is 1. The molecule has 2 amide bonds. The molecule has 0 fully saturated rings. The lowest BCUT2D eigenvalue weighted by atomic mass is 9.94. The number of para-hydroxylation sites is 1. The van der Waals surface area contributed by atoms with Gasteiger partial charge in [-0.05, 0) is 19.4 Å². The van der Waals surface area contributed by atoms with Gasteiger partial charge in [0, 0.05) is 30.7 Å². The van der Waals surface area contributed by atoms with Gasteiger partial charge in [0.15, 0.2) is 0 Å². The fourth-order valence-corrected chi connectivity index (χ4v) is 2.24. The van der Waals surface area contributed by atoms with E-state index < -0.39 is 0 Å². The molecule has 5 nitrogen and oxygen atoms in total. The van der Waals surface area contributed by atoms with E-state index in [9.17, 15) is 4.79 Å². The van der Waals surface area contributed by atoms with Crippen molar-refractivity contribution < 1.29 is 14.6 Å². The second-order valence-electron chi connectivity index (χ2n) is 4.72. The Morgan fingerprint density at radius 2 is 2.32 bits per heavy atom. The Hall–Kier alpha value is -1.75. The van der Waals surface area contributed by atoms with Crippen molar-refractivity contribution in [2.45, 2.75) is 25.3 Å². The van der Waals surface area contributed by atoms with E-state index in [0.29, 0.717) is 19.6 Å². The van der Waals surface area contributed by atoms with Crippen molar-refractivity contribution in [2.75, 3.05) is 19.8 Å². The first-order valence-corrected chi connectivity index (χ1v) is 6.59. The molecule has 1 aromatic carbocycles. The number of aliphatic hydroxyl groups is 1. The van der Waals surface area contributed by atoms with Crippen molar-refractivity contribution in [3.63, 3.8) is 0 Å². The molecule has 1 aromatic rings. The smallest absolute Gasteiger partial charge is 0.315 e. The highest BCUT2D eigenvalue weighted by atomic mass is 16.5. The normalized spacial score (nSPS) is 18.3. The molecule has 104 valence electrons. The van der Waals surface area contributed by atoms with Crippen LogP contribution >= 0.6 is 0 Å². The minimum absolute atomic E-state index is 0.00206. The first-order valence-electron chi connectivity index (χ1n) is 6.59. The molecule has 0 aromatic heterocycles. The van der Waals surface area contributed by atoms with Crippen molar-refractivity contribution in [3.8, 4) is 5.75 Å². The second-order valence-corrected chi connectivity index (χ2v) is 4.72. The second kappa shape index (κ2) is 6.43. The van der Waals surface area contributed by atoms with E-state index >= 15 is 0 Å². The number of amides is 2. The van der Waals surface area contributed by atoms with Crippen LogP contribution in [0.4, 0.5) is 4.79 Å². The van der Waals surface area contributed by atoms with Gasteiger partial charge < -0.3 is 20.5 Å². The molecule has 3 N–H and O–H groups in total. The predicted octanol–water partition coefficient (Wildman–Crippen LogP) is 1.23. The lowest BCUT2D eigenvalue weighted by Gasteiger charge is -2.20. The number of fused-ring (bicyclic) bond motifs is 1. The highest BCUT2D eigenvalue weighted by molar-refractivity contribution is 5.74. The third-order valence-corrected chi connectivity index (χ3v) is 3.32. The Kier molecular flexibility index (Phi) is 4.63. The zero-order valence-corrected chi connectivity index (χ0v) is 11.1. The van der Waals surface area contributed by atoms with E-state index in [-0.39, 0.29) is 24.6 Å². The number of aliphatic hydroxyl groups excluding tert-OH is 1. The molecule has 0 bridgehead atoms. The summed E-state index contributed by atoms with van der Waals surface area (Å²) < 4.78 is 5.61. The molecule has 2 unspecified atom stereocenters. The Labute approximate surface area is 113 Å². The van der Waals surface area contributed by atoms with Crippen LogP contribution in [0.2, 0.25) is 0 Å². The summed E-state index contributed by atoms with van der Waals surface area (Å²) in [4.78, 5) is 11.7. The summed E-state index contributed by atoms with van der Waals surface area (Å²) >= 11 is 0. The van der Waals surface area contributed by atoms with Gasteiger partial charge in [-0.3, -0.25) is 0 Å². The van der Waals surface area contributed by atoms with Gasteiger partial charge in [0.05, 0.1) is 6.61 Å². The zero-order chi connectivity index (χ0) is 13.7. The molecule has 1 heterocycles. The van der Waals surface area contributed by atoms with Crippen LogP contribution in [0.1, 0.15) is 24.8 Å². The predicted molar refractivity (Wildman–Crippen MR) is 72.4 cm³/mol. The number of benzene rings is 1. The van der Waals surface area contributed by atoms with E-state index in [2.05, 4.69) is 10.6 Å². The fourth-order valence-electron chi connectivity index (χ4n) is 2.24. The van der Waals surface area contributed by atoms with Gasteiger partial charge in [0.2, 0.25) is 0 Å². The average molecular weight is 264 g/mol. The number of hydrogen-bond donors (Lipinski definition) is 3. The monoisotopic (exact) mass is 264 g/mol. The Morgan fingerprint density at radius 1 is 1.53 bits per heavy atom. The van der Waals surface area contributed by atoms with E-state index in [1.54, 1.807) is 0 Å². The van der Waals surface area contributed by atoms with Gasteiger partial charge in [-0.15, -0.1) is 0 Å². The third-order valence-electron chi connectivity index (χ3n) is 3.32. The lowest BCUT2D eigenvalue weighted by molar-refractivity contribution is 0.230. The minimum Gasteiger partial charge on any atom is -0.493 e. The molecule has 2 atom stereocenters.